The number of nitrogens with zero attached hydrogens (tertiary/aromatic N) is 2. The number of aromatic nitrogens is 2. The van der Waals surface area contributed by atoms with Gasteiger partial charge in [-0.25, -0.2) is 4.98 Å². The number of aryl methyl sites for hydroxylation is 1. The van der Waals surface area contributed by atoms with Crippen molar-refractivity contribution in [3.63, 3.8) is 0 Å². The molecule has 2 rings (SSSR count). The molecule has 2 aromatic heterocycles. The van der Waals surface area contributed by atoms with Crippen molar-refractivity contribution in [1.82, 2.24) is 14.9 Å². The van der Waals surface area contributed by atoms with Gasteiger partial charge in [-0.3, -0.25) is 0 Å². The molecule has 0 atom stereocenters. The van der Waals surface area contributed by atoms with E-state index in [4.69, 9.17) is 0 Å². The molecule has 0 aliphatic carbocycles. The molecule has 0 amide bonds. The zero-order valence-electron chi connectivity index (χ0n) is 9.73. The van der Waals surface area contributed by atoms with Crippen LogP contribution in [0.2, 0.25) is 0 Å². The third-order valence-electron chi connectivity index (χ3n) is 2.48. The van der Waals surface area contributed by atoms with E-state index in [2.05, 4.69) is 40.8 Å². The van der Waals surface area contributed by atoms with Gasteiger partial charge in [0.1, 0.15) is 0 Å². The fraction of sp³-hybridized carbons (Fsp3) is 0.417. The topological polar surface area (TPSA) is 29.9 Å². The molecule has 2 heterocycles. The van der Waals surface area contributed by atoms with Gasteiger partial charge in [-0.2, -0.15) is 0 Å². The molecule has 1 N–H and O–H groups in total. The van der Waals surface area contributed by atoms with E-state index in [0.29, 0.717) is 0 Å². The highest BCUT2D eigenvalue weighted by atomic mass is 32.1. The zero-order valence-corrected chi connectivity index (χ0v) is 10.5. The Morgan fingerprint density at radius 2 is 2.31 bits per heavy atom. The maximum atomic E-state index is 4.21. The van der Waals surface area contributed by atoms with Crippen LogP contribution in [0.15, 0.2) is 24.7 Å². The first-order valence-corrected chi connectivity index (χ1v) is 6.36. The average molecular weight is 235 g/mol. The minimum atomic E-state index is 0.890. The van der Waals surface area contributed by atoms with Gasteiger partial charge in [-0.05, 0) is 25.6 Å². The molecule has 2 aromatic rings. The quantitative estimate of drug-likeness (QED) is 0.862. The van der Waals surface area contributed by atoms with Crippen molar-refractivity contribution in [2.45, 2.75) is 26.9 Å². The highest BCUT2D eigenvalue weighted by Crippen LogP contribution is 2.16. The maximum Gasteiger partial charge on any atom is 0.0952 e. The Morgan fingerprint density at radius 3 is 3.00 bits per heavy atom. The molecular formula is C12H17N3S. The van der Waals surface area contributed by atoms with Gasteiger partial charge in [-0.15, -0.1) is 11.3 Å². The molecule has 0 saturated heterocycles. The summed E-state index contributed by atoms with van der Waals surface area (Å²) in [5.41, 5.74) is 1.24. The van der Waals surface area contributed by atoms with Crippen molar-refractivity contribution in [1.29, 1.82) is 0 Å². The number of hydrogen-bond donors (Lipinski definition) is 1. The van der Waals surface area contributed by atoms with Crippen LogP contribution in [0.3, 0.4) is 0 Å². The molecular weight excluding hydrogens is 218 g/mol. The average Bonchev–Trinajstić information content (AvgIpc) is 2.86. The normalized spacial score (nSPS) is 10.9. The predicted octanol–water partition coefficient (Wildman–Crippen LogP) is 2.41. The highest BCUT2D eigenvalue weighted by Gasteiger charge is 2.03. The van der Waals surface area contributed by atoms with Crippen molar-refractivity contribution < 1.29 is 0 Å². The van der Waals surface area contributed by atoms with Crippen LogP contribution < -0.4 is 5.32 Å². The second kappa shape index (κ2) is 5.27. The summed E-state index contributed by atoms with van der Waals surface area (Å²) in [6.45, 7) is 7.06. The van der Waals surface area contributed by atoms with Crippen LogP contribution in [-0.2, 0) is 13.1 Å². The fourth-order valence-electron chi connectivity index (χ4n) is 1.63. The minimum Gasteiger partial charge on any atom is -0.328 e. The third-order valence-corrected chi connectivity index (χ3v) is 3.46. The van der Waals surface area contributed by atoms with Gasteiger partial charge in [0, 0.05) is 22.5 Å². The van der Waals surface area contributed by atoms with Crippen LogP contribution in [0.4, 0.5) is 0 Å². The Labute approximate surface area is 100 Å². The summed E-state index contributed by atoms with van der Waals surface area (Å²) in [5, 5.41) is 3.32. The lowest BCUT2D eigenvalue weighted by Crippen LogP contribution is -2.15. The summed E-state index contributed by atoms with van der Waals surface area (Å²) in [4.78, 5) is 6.95. The first kappa shape index (κ1) is 11.4. The van der Waals surface area contributed by atoms with E-state index in [1.165, 1.54) is 15.4 Å². The molecule has 86 valence electrons. The van der Waals surface area contributed by atoms with Crippen LogP contribution in [0.25, 0.3) is 0 Å². The molecule has 0 bridgehead atoms. The van der Waals surface area contributed by atoms with E-state index in [0.717, 1.165) is 19.6 Å². The second-order valence-corrected chi connectivity index (χ2v) is 5.18. The summed E-state index contributed by atoms with van der Waals surface area (Å²) in [6, 6.07) is 4.36. The van der Waals surface area contributed by atoms with Crippen LogP contribution in [0, 0.1) is 6.92 Å². The van der Waals surface area contributed by atoms with E-state index >= 15 is 0 Å². The maximum absolute atomic E-state index is 4.21. The number of hydrogen-bond acceptors (Lipinski definition) is 3. The fourth-order valence-corrected chi connectivity index (χ4v) is 2.52. The molecule has 3 nitrogen and oxygen atoms in total. The smallest absolute Gasteiger partial charge is 0.0952 e. The Hall–Kier alpha value is -1.13. The summed E-state index contributed by atoms with van der Waals surface area (Å²) in [6.07, 6.45) is 3.84. The number of rotatable bonds is 5. The van der Waals surface area contributed by atoms with Crippen molar-refractivity contribution in [2.75, 3.05) is 6.54 Å². The molecule has 0 aliphatic rings. The van der Waals surface area contributed by atoms with Crippen LogP contribution in [0.1, 0.15) is 22.4 Å². The summed E-state index contributed by atoms with van der Waals surface area (Å²) in [7, 11) is 0. The van der Waals surface area contributed by atoms with Gasteiger partial charge >= 0.3 is 0 Å². The van der Waals surface area contributed by atoms with E-state index in [-0.39, 0.29) is 0 Å². The monoisotopic (exact) mass is 235 g/mol. The molecule has 0 fully saturated rings. The molecule has 16 heavy (non-hydrogen) atoms. The van der Waals surface area contributed by atoms with E-state index in [1.54, 1.807) is 0 Å². The van der Waals surface area contributed by atoms with Crippen molar-refractivity contribution in [3.05, 3.63) is 40.1 Å². The van der Waals surface area contributed by atoms with Crippen LogP contribution in [-0.4, -0.2) is 16.1 Å². The van der Waals surface area contributed by atoms with Gasteiger partial charge < -0.3 is 9.88 Å². The lowest BCUT2D eigenvalue weighted by molar-refractivity contribution is 0.660. The number of nitrogens with one attached hydrogen (secondary N) is 1. The van der Waals surface area contributed by atoms with Crippen LogP contribution >= 0.6 is 11.3 Å². The van der Waals surface area contributed by atoms with Crippen LogP contribution in [0.5, 0.6) is 0 Å². The van der Waals surface area contributed by atoms with Crippen molar-refractivity contribution in [3.8, 4) is 0 Å². The Bertz CT molecular complexity index is 445. The summed E-state index contributed by atoms with van der Waals surface area (Å²) in [5.74, 6) is 0. The first-order chi connectivity index (χ1) is 7.79. The Balaban J connectivity index is 2.06. The molecule has 0 unspecified atom stereocenters. The van der Waals surface area contributed by atoms with Crippen molar-refractivity contribution >= 4 is 11.3 Å². The highest BCUT2D eigenvalue weighted by molar-refractivity contribution is 7.11. The molecule has 0 saturated carbocycles. The standard InChI is InChI=1S/C12H17N3S/c1-3-13-6-11-7-14-9-15(11)8-12-5-4-10(2)16-12/h4-5,7,9,13H,3,6,8H2,1-2H3. The lowest BCUT2D eigenvalue weighted by Gasteiger charge is -2.06. The van der Waals surface area contributed by atoms with Gasteiger partial charge in [0.25, 0.3) is 0 Å². The van der Waals surface area contributed by atoms with Crippen molar-refractivity contribution in [2.24, 2.45) is 0 Å². The summed E-state index contributed by atoms with van der Waals surface area (Å²) < 4.78 is 2.20. The number of imidazole rings is 1. The molecule has 0 aromatic carbocycles. The SMILES string of the molecule is CCNCc1cncn1Cc1ccc(C)s1. The van der Waals surface area contributed by atoms with Gasteiger partial charge in [0.05, 0.1) is 18.6 Å². The Kier molecular flexibility index (Phi) is 3.74. The summed E-state index contributed by atoms with van der Waals surface area (Å²) >= 11 is 1.85. The van der Waals surface area contributed by atoms with E-state index in [1.807, 2.05) is 23.9 Å². The predicted molar refractivity (Wildman–Crippen MR) is 67.8 cm³/mol. The molecule has 0 spiro atoms. The molecule has 4 heteroatoms. The third kappa shape index (κ3) is 2.71. The molecule has 0 radical (unpaired) electrons. The minimum absolute atomic E-state index is 0.890. The van der Waals surface area contributed by atoms with E-state index in [9.17, 15) is 0 Å². The van der Waals surface area contributed by atoms with Gasteiger partial charge in [0.2, 0.25) is 0 Å². The zero-order chi connectivity index (χ0) is 11.4. The second-order valence-electron chi connectivity index (χ2n) is 3.81. The number of thiophene rings is 1. The van der Waals surface area contributed by atoms with Gasteiger partial charge in [-0.1, -0.05) is 6.92 Å². The van der Waals surface area contributed by atoms with E-state index < -0.39 is 0 Å². The van der Waals surface area contributed by atoms with Gasteiger partial charge in [0.15, 0.2) is 0 Å². The largest absolute Gasteiger partial charge is 0.328 e. The lowest BCUT2D eigenvalue weighted by atomic mass is 10.4. The first-order valence-electron chi connectivity index (χ1n) is 5.54. The Morgan fingerprint density at radius 1 is 1.44 bits per heavy atom. The molecule has 0 aliphatic heterocycles.